The number of hydrogen-bond acceptors (Lipinski definition) is 6. The topological polar surface area (TPSA) is 80.0 Å². The average molecular weight is 319 g/mol. The average Bonchev–Trinajstić information content (AvgIpc) is 2.93. The molecule has 0 amide bonds. The van der Waals surface area contributed by atoms with E-state index in [1.165, 1.54) is 6.33 Å². The zero-order valence-corrected chi connectivity index (χ0v) is 12.8. The van der Waals surface area contributed by atoms with Gasteiger partial charge in [0.15, 0.2) is 17.0 Å². The second-order valence-electron chi connectivity index (χ2n) is 4.85. The monoisotopic (exact) mass is 318 g/mol. The maximum atomic E-state index is 9.06. The van der Waals surface area contributed by atoms with Crippen LogP contribution >= 0.6 is 11.6 Å². The molecular formula is C14H15ClN6O. The summed E-state index contributed by atoms with van der Waals surface area (Å²) in [6, 6.07) is 7.59. The van der Waals surface area contributed by atoms with E-state index in [1.54, 1.807) is 4.68 Å². The minimum Gasteiger partial charge on any atom is -0.395 e. The molecule has 0 saturated carbocycles. The molecule has 0 unspecified atom stereocenters. The number of hydrogen-bond donors (Lipinski definition) is 1. The Kier molecular flexibility index (Phi) is 4.17. The Morgan fingerprint density at radius 2 is 2.09 bits per heavy atom. The van der Waals surface area contributed by atoms with Gasteiger partial charge in [0.05, 0.1) is 13.2 Å². The number of aliphatic hydroxyl groups is 1. The van der Waals surface area contributed by atoms with Gasteiger partial charge in [-0.25, -0.2) is 14.6 Å². The molecule has 2 aromatic heterocycles. The summed E-state index contributed by atoms with van der Waals surface area (Å²) in [6.07, 6.45) is 1.47. The van der Waals surface area contributed by atoms with E-state index < -0.39 is 0 Å². The fourth-order valence-corrected chi connectivity index (χ4v) is 2.41. The number of nitrogens with zero attached hydrogens (tertiary/aromatic N) is 6. The Hall–Kier alpha value is -2.25. The van der Waals surface area contributed by atoms with Crippen molar-refractivity contribution in [3.8, 4) is 0 Å². The summed E-state index contributed by atoms with van der Waals surface area (Å²) >= 11 is 6.19. The van der Waals surface area contributed by atoms with Crippen molar-refractivity contribution in [2.75, 3.05) is 25.1 Å². The molecule has 0 spiro atoms. The number of aliphatic hydroxyl groups excluding tert-OH is 1. The van der Waals surface area contributed by atoms with E-state index in [-0.39, 0.29) is 6.61 Å². The predicted octanol–water partition coefficient (Wildman–Crippen LogP) is 1.35. The predicted molar refractivity (Wildman–Crippen MR) is 84.0 cm³/mol. The zero-order valence-electron chi connectivity index (χ0n) is 12.0. The normalized spacial score (nSPS) is 11.0. The van der Waals surface area contributed by atoms with Crippen molar-refractivity contribution in [2.24, 2.45) is 0 Å². The lowest BCUT2D eigenvalue weighted by molar-refractivity contribution is 0.304. The summed E-state index contributed by atoms with van der Waals surface area (Å²) in [7, 11) is 1.84. The van der Waals surface area contributed by atoms with Crippen LogP contribution in [0.3, 0.4) is 0 Å². The molecule has 1 N–H and O–H groups in total. The quantitative estimate of drug-likeness (QED) is 0.765. The van der Waals surface area contributed by atoms with Gasteiger partial charge in [0.1, 0.15) is 6.33 Å². The molecule has 0 radical (unpaired) electrons. The van der Waals surface area contributed by atoms with Gasteiger partial charge < -0.3 is 10.0 Å². The number of aromatic nitrogens is 5. The molecule has 0 aliphatic carbocycles. The third-order valence-electron chi connectivity index (χ3n) is 3.36. The molecular weight excluding hydrogens is 304 g/mol. The number of rotatable bonds is 5. The van der Waals surface area contributed by atoms with Gasteiger partial charge in [-0.3, -0.25) is 0 Å². The van der Waals surface area contributed by atoms with Crippen LogP contribution in [0.1, 0.15) is 5.56 Å². The van der Waals surface area contributed by atoms with Crippen LogP contribution in [-0.2, 0) is 6.54 Å². The Balaban J connectivity index is 1.99. The van der Waals surface area contributed by atoms with E-state index in [1.807, 2.05) is 36.2 Å². The van der Waals surface area contributed by atoms with Gasteiger partial charge in [-0.15, -0.1) is 5.10 Å². The third-order valence-corrected chi connectivity index (χ3v) is 3.72. The van der Waals surface area contributed by atoms with Crippen LogP contribution in [0.4, 0.5) is 5.82 Å². The van der Waals surface area contributed by atoms with Crippen molar-refractivity contribution in [1.82, 2.24) is 25.0 Å². The molecule has 22 heavy (non-hydrogen) atoms. The molecule has 7 nitrogen and oxygen atoms in total. The lowest BCUT2D eigenvalue weighted by Crippen LogP contribution is -2.22. The second-order valence-corrected chi connectivity index (χ2v) is 5.26. The third kappa shape index (κ3) is 2.72. The van der Waals surface area contributed by atoms with E-state index >= 15 is 0 Å². The van der Waals surface area contributed by atoms with E-state index in [0.29, 0.717) is 35.1 Å². The van der Waals surface area contributed by atoms with Gasteiger partial charge in [0.2, 0.25) is 0 Å². The molecule has 0 saturated heterocycles. The standard InChI is InChI=1S/C14H15ClN6O/c1-20(6-7-22)13-12-14(17-9-16-13)21(19-18-12)8-10-4-2-3-5-11(10)15/h2-5,9,22H,6-8H2,1H3. The van der Waals surface area contributed by atoms with Gasteiger partial charge in [-0.05, 0) is 11.6 Å². The van der Waals surface area contributed by atoms with Crippen molar-refractivity contribution in [2.45, 2.75) is 6.54 Å². The van der Waals surface area contributed by atoms with E-state index in [4.69, 9.17) is 16.7 Å². The van der Waals surface area contributed by atoms with Crippen LogP contribution in [0.2, 0.25) is 5.02 Å². The molecule has 0 aliphatic rings. The first-order valence-corrected chi connectivity index (χ1v) is 7.18. The fourth-order valence-electron chi connectivity index (χ4n) is 2.21. The molecule has 0 fully saturated rings. The number of fused-ring (bicyclic) bond motifs is 1. The van der Waals surface area contributed by atoms with Crippen LogP contribution in [0.15, 0.2) is 30.6 Å². The van der Waals surface area contributed by atoms with Crippen LogP contribution in [0.25, 0.3) is 11.2 Å². The van der Waals surface area contributed by atoms with Crippen molar-refractivity contribution in [1.29, 1.82) is 0 Å². The van der Waals surface area contributed by atoms with Gasteiger partial charge >= 0.3 is 0 Å². The number of likely N-dealkylation sites (N-methyl/N-ethyl adjacent to an activating group) is 1. The maximum absolute atomic E-state index is 9.06. The molecule has 8 heteroatoms. The van der Waals surface area contributed by atoms with Crippen LogP contribution in [0, 0.1) is 0 Å². The van der Waals surface area contributed by atoms with E-state index in [9.17, 15) is 0 Å². The molecule has 114 valence electrons. The number of anilines is 1. The molecule has 0 atom stereocenters. The summed E-state index contributed by atoms with van der Waals surface area (Å²) in [4.78, 5) is 10.3. The Labute approximate surface area is 132 Å². The Morgan fingerprint density at radius 1 is 1.27 bits per heavy atom. The molecule has 2 heterocycles. The molecule has 0 aliphatic heterocycles. The first-order valence-electron chi connectivity index (χ1n) is 6.80. The minimum absolute atomic E-state index is 0.0375. The zero-order chi connectivity index (χ0) is 15.5. The summed E-state index contributed by atoms with van der Waals surface area (Å²) in [5.41, 5.74) is 2.18. The van der Waals surface area contributed by atoms with Crippen molar-refractivity contribution in [3.63, 3.8) is 0 Å². The summed E-state index contributed by atoms with van der Waals surface area (Å²) < 4.78 is 1.69. The SMILES string of the molecule is CN(CCO)c1ncnc2c1nnn2Cc1ccccc1Cl. The maximum Gasteiger partial charge on any atom is 0.184 e. The summed E-state index contributed by atoms with van der Waals surface area (Å²) in [5, 5.41) is 18.1. The smallest absolute Gasteiger partial charge is 0.184 e. The number of benzene rings is 1. The lowest BCUT2D eigenvalue weighted by atomic mass is 10.2. The molecule has 3 aromatic rings. The van der Waals surface area contributed by atoms with Crippen molar-refractivity contribution >= 4 is 28.6 Å². The highest BCUT2D eigenvalue weighted by atomic mass is 35.5. The first-order chi connectivity index (χ1) is 10.7. The number of halogens is 1. The van der Waals surface area contributed by atoms with Crippen molar-refractivity contribution < 1.29 is 5.11 Å². The Morgan fingerprint density at radius 3 is 2.86 bits per heavy atom. The summed E-state index contributed by atoms with van der Waals surface area (Å²) in [6.45, 7) is 0.982. The second kappa shape index (κ2) is 6.25. The van der Waals surface area contributed by atoms with Crippen molar-refractivity contribution in [3.05, 3.63) is 41.2 Å². The van der Waals surface area contributed by atoms with Gasteiger partial charge in [0, 0.05) is 18.6 Å². The largest absolute Gasteiger partial charge is 0.395 e. The summed E-state index contributed by atoms with van der Waals surface area (Å²) in [5.74, 6) is 0.643. The molecule has 1 aromatic carbocycles. The van der Waals surface area contributed by atoms with Crippen LogP contribution < -0.4 is 4.90 Å². The highest BCUT2D eigenvalue weighted by Crippen LogP contribution is 2.21. The fraction of sp³-hybridized carbons (Fsp3) is 0.286. The van der Waals surface area contributed by atoms with E-state index in [2.05, 4.69) is 20.3 Å². The Bertz CT molecular complexity index is 790. The first kappa shape index (κ1) is 14.7. The minimum atomic E-state index is 0.0375. The van der Waals surface area contributed by atoms with Crippen LogP contribution in [0.5, 0.6) is 0 Å². The van der Waals surface area contributed by atoms with Gasteiger partial charge in [-0.1, -0.05) is 35.0 Å². The lowest BCUT2D eigenvalue weighted by Gasteiger charge is -2.15. The highest BCUT2D eigenvalue weighted by Gasteiger charge is 2.15. The highest BCUT2D eigenvalue weighted by molar-refractivity contribution is 6.31. The van der Waals surface area contributed by atoms with Crippen LogP contribution in [-0.4, -0.2) is 50.3 Å². The van der Waals surface area contributed by atoms with Gasteiger partial charge in [0.25, 0.3) is 0 Å². The molecule has 3 rings (SSSR count). The van der Waals surface area contributed by atoms with Gasteiger partial charge in [-0.2, -0.15) is 0 Å². The molecule has 0 bridgehead atoms. The van der Waals surface area contributed by atoms with E-state index in [0.717, 1.165) is 5.56 Å².